The number of ether oxygens (including phenoxy) is 3. The van der Waals surface area contributed by atoms with Crippen molar-refractivity contribution in [1.29, 1.82) is 0 Å². The van der Waals surface area contributed by atoms with Crippen LogP contribution in [0.2, 0.25) is 0 Å². The Morgan fingerprint density at radius 1 is 0.641 bits per heavy atom. The second-order valence-corrected chi connectivity index (χ2v) is 10.6. The third kappa shape index (κ3) is 13.2. The van der Waals surface area contributed by atoms with Crippen LogP contribution in [-0.2, 0) is 23.8 Å². The van der Waals surface area contributed by atoms with Crippen molar-refractivity contribution in [1.82, 2.24) is 9.80 Å². The lowest BCUT2D eigenvalue weighted by Crippen LogP contribution is -2.53. The Morgan fingerprint density at radius 3 is 1.18 bits per heavy atom. The van der Waals surface area contributed by atoms with Gasteiger partial charge in [-0.25, -0.2) is 28.8 Å². The third-order valence-electron chi connectivity index (χ3n) is 4.82. The summed E-state index contributed by atoms with van der Waals surface area (Å²) < 4.78 is 15.1. The Bertz CT molecular complexity index is 810. The van der Waals surface area contributed by atoms with Gasteiger partial charge in [0.25, 0.3) is 0 Å². The lowest BCUT2D eigenvalue weighted by atomic mass is 10.1. The molecular weight excluding hydrogens is 520 g/mol. The summed E-state index contributed by atoms with van der Waals surface area (Å²) in [6.07, 6.45) is -5.90. The largest absolute Gasteiger partial charge is 0.464 e. The molecule has 0 aliphatic carbocycles. The second kappa shape index (κ2) is 15.8. The highest BCUT2D eigenvalue weighted by molar-refractivity contribution is 5.99. The Kier molecular flexibility index (Phi) is 14.4. The molecule has 0 bridgehead atoms. The number of nitrogens with two attached hydrogens (primary N) is 2. The second-order valence-electron chi connectivity index (χ2n) is 10.6. The van der Waals surface area contributed by atoms with Crippen molar-refractivity contribution in [2.24, 2.45) is 11.5 Å². The zero-order valence-electron chi connectivity index (χ0n) is 23.4. The summed E-state index contributed by atoms with van der Waals surface area (Å²) in [6.45, 7) is 9.32. The predicted molar refractivity (Wildman–Crippen MR) is 137 cm³/mol. The summed E-state index contributed by atoms with van der Waals surface area (Å²) in [5, 5.41) is 19.4. The fourth-order valence-corrected chi connectivity index (χ4v) is 3.20. The van der Waals surface area contributed by atoms with Gasteiger partial charge in [-0.05, 0) is 93.2 Å². The minimum Gasteiger partial charge on any atom is -0.464 e. The minimum absolute atomic E-state index is 0.101. The summed E-state index contributed by atoms with van der Waals surface area (Å²) in [5.74, 6) is -2.91. The molecule has 15 nitrogen and oxygen atoms in total. The van der Waals surface area contributed by atoms with E-state index < -0.39 is 59.6 Å². The first-order chi connectivity index (χ1) is 17.9. The highest BCUT2D eigenvalue weighted by Crippen LogP contribution is 2.20. The van der Waals surface area contributed by atoms with Crippen LogP contribution in [0.5, 0.6) is 0 Å². The molecule has 0 aromatic heterocycles. The van der Waals surface area contributed by atoms with Crippen LogP contribution in [0.4, 0.5) is 19.2 Å². The molecule has 4 amide bonds. The number of carbonyl (C=O) groups is 6. The summed E-state index contributed by atoms with van der Waals surface area (Å²) in [5.41, 5.74) is 8.72. The van der Waals surface area contributed by atoms with E-state index in [0.717, 1.165) is 0 Å². The fourth-order valence-electron chi connectivity index (χ4n) is 3.20. The van der Waals surface area contributed by atoms with Gasteiger partial charge in [-0.15, -0.1) is 0 Å². The first-order valence-electron chi connectivity index (χ1n) is 12.5. The van der Waals surface area contributed by atoms with Crippen LogP contribution in [0, 0.1) is 0 Å². The maximum atomic E-state index is 13.1. The molecule has 6 N–H and O–H groups in total. The van der Waals surface area contributed by atoms with E-state index in [4.69, 9.17) is 25.7 Å². The van der Waals surface area contributed by atoms with Crippen LogP contribution in [0.15, 0.2) is 0 Å². The average Bonchev–Trinajstić information content (AvgIpc) is 2.74. The van der Waals surface area contributed by atoms with Crippen molar-refractivity contribution in [3.8, 4) is 0 Å². The maximum Gasteiger partial charge on any atom is 0.420 e. The highest BCUT2D eigenvalue weighted by Gasteiger charge is 2.43. The third-order valence-corrected chi connectivity index (χ3v) is 4.82. The van der Waals surface area contributed by atoms with E-state index in [9.17, 15) is 39.0 Å². The standard InChI is InChI=1S/C24H42N4O11/c1-23(2,3)38-21(35)27(19(31)32)15(11-7-9-13-25)17(29)37-18(30)16(12-8-10-14-26)28(20(33)34)22(36)39-24(4,5)6/h15-16H,7-14,25-26H2,1-6H3,(H,31,32)(H,33,34)/t15-,16-/m0/s1. The van der Waals surface area contributed by atoms with Crippen LogP contribution < -0.4 is 11.5 Å². The molecule has 0 aromatic carbocycles. The van der Waals surface area contributed by atoms with E-state index in [0.29, 0.717) is 12.8 Å². The smallest absolute Gasteiger partial charge is 0.420 e. The molecule has 0 heterocycles. The Labute approximate surface area is 227 Å². The Balaban J connectivity index is 6.27. The van der Waals surface area contributed by atoms with Crippen molar-refractivity contribution in [3.63, 3.8) is 0 Å². The number of hydrogen-bond acceptors (Lipinski definition) is 11. The lowest BCUT2D eigenvalue weighted by Gasteiger charge is -2.30. The number of nitrogens with zero attached hydrogens (tertiary/aromatic N) is 2. The van der Waals surface area contributed by atoms with E-state index >= 15 is 0 Å². The van der Waals surface area contributed by atoms with Crippen molar-refractivity contribution < 1.29 is 53.2 Å². The predicted octanol–water partition coefficient (Wildman–Crippen LogP) is 2.88. The monoisotopic (exact) mass is 562 g/mol. The number of carboxylic acid groups (broad SMARTS) is 2. The quantitative estimate of drug-likeness (QED) is 0.116. The number of imide groups is 2. The zero-order valence-corrected chi connectivity index (χ0v) is 23.4. The molecule has 0 saturated carbocycles. The lowest BCUT2D eigenvalue weighted by molar-refractivity contribution is -0.166. The summed E-state index contributed by atoms with van der Waals surface area (Å²) >= 11 is 0. The van der Waals surface area contributed by atoms with Gasteiger partial charge in [0.2, 0.25) is 0 Å². The molecule has 39 heavy (non-hydrogen) atoms. The molecule has 0 rings (SSSR count). The van der Waals surface area contributed by atoms with Crippen molar-refractivity contribution in [2.45, 2.75) is 103 Å². The number of hydrogen-bond donors (Lipinski definition) is 4. The van der Waals surface area contributed by atoms with E-state index in [1.807, 2.05) is 0 Å². The SMILES string of the molecule is CC(C)(C)OC(=O)N(C(=O)O)[C@@H](CCCCN)C(=O)OC(=O)[C@H](CCCCN)N(C(=O)O)C(=O)OC(C)(C)C. The normalized spacial score (nSPS) is 13.0. The van der Waals surface area contributed by atoms with Crippen LogP contribution in [0.25, 0.3) is 0 Å². The molecule has 0 aliphatic heterocycles. The molecule has 0 aliphatic rings. The number of amides is 4. The summed E-state index contributed by atoms with van der Waals surface area (Å²) in [7, 11) is 0. The van der Waals surface area contributed by atoms with Gasteiger partial charge in [0.15, 0.2) is 0 Å². The molecule has 0 unspecified atom stereocenters. The van der Waals surface area contributed by atoms with Crippen LogP contribution in [-0.4, -0.2) is 92.7 Å². The first kappa shape index (κ1) is 35.5. The van der Waals surface area contributed by atoms with Gasteiger partial charge in [0.1, 0.15) is 23.3 Å². The van der Waals surface area contributed by atoms with Crippen LogP contribution >= 0.6 is 0 Å². The molecule has 0 spiro atoms. The van der Waals surface area contributed by atoms with Crippen molar-refractivity contribution in [3.05, 3.63) is 0 Å². The molecule has 0 aromatic rings. The Hall–Kier alpha value is -3.46. The van der Waals surface area contributed by atoms with Gasteiger partial charge in [0.05, 0.1) is 0 Å². The van der Waals surface area contributed by atoms with Crippen molar-refractivity contribution >= 4 is 36.3 Å². The van der Waals surface area contributed by atoms with Gasteiger partial charge in [-0.3, -0.25) is 0 Å². The molecule has 0 fully saturated rings. The molecule has 15 heteroatoms. The van der Waals surface area contributed by atoms with Crippen LogP contribution in [0.1, 0.15) is 80.1 Å². The molecule has 224 valence electrons. The van der Waals surface area contributed by atoms with E-state index in [2.05, 4.69) is 0 Å². The Morgan fingerprint density at radius 2 is 0.949 bits per heavy atom. The number of rotatable bonds is 12. The fraction of sp³-hybridized carbons (Fsp3) is 0.750. The van der Waals surface area contributed by atoms with Crippen molar-refractivity contribution in [2.75, 3.05) is 13.1 Å². The maximum absolute atomic E-state index is 13.1. The van der Waals surface area contributed by atoms with Crippen LogP contribution in [0.3, 0.4) is 0 Å². The van der Waals surface area contributed by atoms with Gasteiger partial charge in [-0.1, -0.05) is 0 Å². The highest BCUT2D eigenvalue weighted by atomic mass is 16.6. The van der Waals surface area contributed by atoms with Gasteiger partial charge >= 0.3 is 36.3 Å². The first-order valence-corrected chi connectivity index (χ1v) is 12.5. The molecule has 0 saturated heterocycles. The van der Waals surface area contributed by atoms with E-state index in [1.54, 1.807) is 0 Å². The number of esters is 2. The summed E-state index contributed by atoms with van der Waals surface area (Å²) in [4.78, 5) is 75.6. The van der Waals surface area contributed by atoms with Gasteiger partial charge < -0.3 is 35.9 Å². The average molecular weight is 563 g/mol. The van der Waals surface area contributed by atoms with Gasteiger partial charge in [0, 0.05) is 0 Å². The number of carbonyl (C=O) groups excluding carboxylic acids is 4. The van der Waals surface area contributed by atoms with E-state index in [-0.39, 0.29) is 48.6 Å². The topological polar surface area (TPSA) is 229 Å². The molecular formula is C24H42N4O11. The van der Waals surface area contributed by atoms with E-state index in [1.165, 1.54) is 41.5 Å². The summed E-state index contributed by atoms with van der Waals surface area (Å²) in [6, 6.07) is -3.64. The zero-order chi connectivity index (χ0) is 30.6. The van der Waals surface area contributed by atoms with Gasteiger partial charge in [-0.2, -0.15) is 9.80 Å². The molecule has 0 radical (unpaired) electrons. The number of unbranched alkanes of at least 4 members (excludes halogenated alkanes) is 2. The molecule has 2 atom stereocenters. The minimum atomic E-state index is -1.84.